The number of amides is 2. The molecule has 0 saturated carbocycles. The molecule has 0 spiro atoms. The molecule has 2 bridgehead atoms. The van der Waals surface area contributed by atoms with Gasteiger partial charge < -0.3 is 19.4 Å². The lowest BCUT2D eigenvalue weighted by molar-refractivity contribution is -0.129. The number of aromatic nitrogens is 2. The van der Waals surface area contributed by atoms with E-state index < -0.39 is 5.60 Å². The molecular weight excluding hydrogens is 450 g/mol. The highest BCUT2D eigenvalue weighted by Gasteiger charge is 2.46. The highest BCUT2D eigenvalue weighted by Crippen LogP contribution is 2.40. The lowest BCUT2D eigenvalue weighted by Crippen LogP contribution is -2.48. The number of likely N-dealkylation sites (tertiary alicyclic amines) is 2. The predicted molar refractivity (Wildman–Crippen MR) is 118 cm³/mol. The van der Waals surface area contributed by atoms with Crippen LogP contribution in [0.15, 0.2) is 4.47 Å². The Hall–Kier alpha value is -1.77. The highest BCUT2D eigenvalue weighted by molar-refractivity contribution is 9.10. The van der Waals surface area contributed by atoms with E-state index in [1.54, 1.807) is 11.8 Å². The number of ether oxygens (including phenoxy) is 1. The number of piperazine rings is 1. The van der Waals surface area contributed by atoms with Crippen molar-refractivity contribution < 1.29 is 14.3 Å². The minimum atomic E-state index is -0.473. The number of anilines is 1. The van der Waals surface area contributed by atoms with Crippen LogP contribution in [0.1, 0.15) is 58.7 Å². The molecule has 1 aromatic heterocycles. The number of nitrogens with zero attached hydrogens (tertiary/aromatic N) is 5. The number of rotatable bonds is 2. The van der Waals surface area contributed by atoms with Crippen LogP contribution in [0.4, 0.5) is 10.6 Å². The van der Waals surface area contributed by atoms with Crippen molar-refractivity contribution in [2.45, 2.75) is 77.6 Å². The van der Waals surface area contributed by atoms with E-state index in [2.05, 4.69) is 32.4 Å². The van der Waals surface area contributed by atoms with Crippen molar-refractivity contribution >= 4 is 33.7 Å². The Kier molecular flexibility index (Phi) is 5.53. The van der Waals surface area contributed by atoms with Gasteiger partial charge in [-0.1, -0.05) is 0 Å². The summed E-state index contributed by atoms with van der Waals surface area (Å²) in [6.45, 7) is 12.4. The van der Waals surface area contributed by atoms with E-state index in [0.717, 1.165) is 48.3 Å². The van der Waals surface area contributed by atoms with E-state index in [0.29, 0.717) is 25.2 Å². The first-order valence-electron chi connectivity index (χ1n) is 10.8. The van der Waals surface area contributed by atoms with Gasteiger partial charge in [-0.25, -0.2) is 4.79 Å². The highest BCUT2D eigenvalue weighted by atomic mass is 79.9. The van der Waals surface area contributed by atoms with Crippen LogP contribution in [0.2, 0.25) is 0 Å². The van der Waals surface area contributed by atoms with Gasteiger partial charge in [-0.2, -0.15) is 5.10 Å². The Morgan fingerprint density at radius 3 is 2.30 bits per heavy atom. The lowest BCUT2D eigenvalue weighted by atomic mass is 10.1. The minimum absolute atomic E-state index is 0.166. The maximum atomic E-state index is 12.3. The monoisotopic (exact) mass is 481 g/mol. The third-order valence-corrected chi connectivity index (χ3v) is 7.37. The van der Waals surface area contributed by atoms with Crippen LogP contribution in [-0.4, -0.2) is 75.4 Å². The summed E-state index contributed by atoms with van der Waals surface area (Å²) in [4.78, 5) is 30.3. The first-order chi connectivity index (χ1) is 14.0. The van der Waals surface area contributed by atoms with Crippen molar-refractivity contribution in [2.24, 2.45) is 0 Å². The number of fused-ring (bicyclic) bond motifs is 2. The zero-order valence-electron chi connectivity index (χ0n) is 18.5. The fourth-order valence-corrected chi connectivity index (χ4v) is 5.44. The third kappa shape index (κ3) is 3.92. The van der Waals surface area contributed by atoms with Gasteiger partial charge in [-0.05, 0) is 62.9 Å². The van der Waals surface area contributed by atoms with Crippen LogP contribution in [-0.2, 0) is 9.53 Å². The van der Waals surface area contributed by atoms with E-state index in [-0.39, 0.29) is 18.0 Å². The molecule has 4 rings (SSSR count). The Morgan fingerprint density at radius 2 is 1.77 bits per heavy atom. The van der Waals surface area contributed by atoms with Crippen LogP contribution in [0.3, 0.4) is 0 Å². The largest absolute Gasteiger partial charge is 0.444 e. The zero-order chi connectivity index (χ0) is 21.8. The molecule has 0 radical (unpaired) electrons. The summed E-state index contributed by atoms with van der Waals surface area (Å²) >= 11 is 3.77. The molecule has 9 heteroatoms. The molecule has 0 aliphatic carbocycles. The van der Waals surface area contributed by atoms with E-state index in [9.17, 15) is 9.59 Å². The Bertz CT molecular complexity index is 840. The van der Waals surface area contributed by atoms with Crippen molar-refractivity contribution in [3.63, 3.8) is 0 Å². The van der Waals surface area contributed by atoms with Gasteiger partial charge in [-0.3, -0.25) is 9.48 Å². The van der Waals surface area contributed by atoms with Crippen LogP contribution >= 0.6 is 15.9 Å². The number of hydrogen-bond donors (Lipinski definition) is 0. The van der Waals surface area contributed by atoms with Crippen LogP contribution < -0.4 is 4.90 Å². The standard InChI is InChI=1S/C21H32BrN5O3/c1-13-18(22)19(26-12-16-10-17(26)11-25(16)14(2)28)23-27(13)15-6-8-24(9-7-15)20(29)30-21(3,4)5/h15-17H,6-12H2,1-5H3/t16-,17-/m1/s1. The summed E-state index contributed by atoms with van der Waals surface area (Å²) < 4.78 is 8.68. The molecule has 3 fully saturated rings. The van der Waals surface area contributed by atoms with Gasteiger partial charge in [-0.15, -0.1) is 0 Å². The molecule has 1 aromatic rings. The Morgan fingerprint density at radius 1 is 1.10 bits per heavy atom. The number of piperidine rings is 1. The van der Waals surface area contributed by atoms with Gasteiger partial charge in [0.25, 0.3) is 0 Å². The van der Waals surface area contributed by atoms with Crippen molar-refractivity contribution in [2.75, 3.05) is 31.1 Å². The summed E-state index contributed by atoms with van der Waals surface area (Å²) in [7, 11) is 0. The molecule has 166 valence electrons. The molecule has 2 atom stereocenters. The topological polar surface area (TPSA) is 70.9 Å². The van der Waals surface area contributed by atoms with E-state index in [4.69, 9.17) is 9.84 Å². The summed E-state index contributed by atoms with van der Waals surface area (Å²) in [6, 6.07) is 0.899. The van der Waals surface area contributed by atoms with Gasteiger partial charge in [0.1, 0.15) is 5.60 Å². The summed E-state index contributed by atoms with van der Waals surface area (Å²) in [5, 5.41) is 4.99. The molecule has 4 heterocycles. The Balaban J connectivity index is 1.43. The van der Waals surface area contributed by atoms with Gasteiger partial charge in [0, 0.05) is 33.1 Å². The smallest absolute Gasteiger partial charge is 0.410 e. The van der Waals surface area contributed by atoms with Crippen molar-refractivity contribution in [3.8, 4) is 0 Å². The van der Waals surface area contributed by atoms with Crippen LogP contribution in [0, 0.1) is 6.92 Å². The number of carbonyl (C=O) groups is 2. The first-order valence-corrected chi connectivity index (χ1v) is 11.6. The zero-order valence-corrected chi connectivity index (χ0v) is 20.1. The molecule has 8 nitrogen and oxygen atoms in total. The summed E-state index contributed by atoms with van der Waals surface area (Å²) in [5.41, 5.74) is 0.645. The van der Waals surface area contributed by atoms with E-state index >= 15 is 0 Å². The SMILES string of the molecule is CC(=O)N1C[C@H]2C[C@@H]1CN2c1nn(C2CCN(C(=O)OC(C)(C)C)CC2)c(C)c1Br. The van der Waals surface area contributed by atoms with Crippen molar-refractivity contribution in [3.05, 3.63) is 10.2 Å². The maximum Gasteiger partial charge on any atom is 0.410 e. The normalized spacial score (nSPS) is 24.7. The molecular formula is C21H32BrN5O3. The van der Waals surface area contributed by atoms with Gasteiger partial charge >= 0.3 is 6.09 Å². The fourth-order valence-electron chi connectivity index (χ4n) is 4.95. The minimum Gasteiger partial charge on any atom is -0.444 e. The second-order valence-corrected chi connectivity index (χ2v) is 10.5. The summed E-state index contributed by atoms with van der Waals surface area (Å²) in [6.07, 6.45) is 2.50. The first kappa shape index (κ1) is 21.5. The van der Waals surface area contributed by atoms with E-state index in [1.807, 2.05) is 25.7 Å². The van der Waals surface area contributed by atoms with Crippen LogP contribution in [0.25, 0.3) is 0 Å². The average molecular weight is 482 g/mol. The van der Waals surface area contributed by atoms with Gasteiger partial charge in [0.2, 0.25) is 5.91 Å². The van der Waals surface area contributed by atoms with Gasteiger partial charge in [0.15, 0.2) is 5.82 Å². The maximum absolute atomic E-state index is 12.3. The number of carbonyl (C=O) groups excluding carboxylic acids is 2. The molecule has 0 unspecified atom stereocenters. The Labute approximate surface area is 186 Å². The van der Waals surface area contributed by atoms with Crippen molar-refractivity contribution in [1.82, 2.24) is 19.6 Å². The average Bonchev–Trinajstić information content (AvgIpc) is 3.34. The number of hydrogen-bond acceptors (Lipinski definition) is 5. The molecule has 30 heavy (non-hydrogen) atoms. The predicted octanol–water partition coefficient (Wildman–Crippen LogP) is 3.34. The fraction of sp³-hybridized carbons (Fsp3) is 0.762. The quantitative estimate of drug-likeness (QED) is 0.647. The molecule has 3 saturated heterocycles. The number of halogens is 1. The van der Waals surface area contributed by atoms with E-state index in [1.165, 1.54) is 0 Å². The summed E-state index contributed by atoms with van der Waals surface area (Å²) in [5.74, 6) is 1.15. The molecule has 3 aliphatic heterocycles. The third-order valence-electron chi connectivity index (χ3n) is 6.44. The molecule has 0 N–H and O–H groups in total. The van der Waals surface area contributed by atoms with Crippen molar-refractivity contribution in [1.29, 1.82) is 0 Å². The lowest BCUT2D eigenvalue weighted by Gasteiger charge is -2.34. The second kappa shape index (κ2) is 7.73. The second-order valence-electron chi connectivity index (χ2n) is 9.73. The van der Waals surface area contributed by atoms with Crippen LogP contribution in [0.5, 0.6) is 0 Å². The molecule has 3 aliphatic rings. The molecule has 0 aromatic carbocycles. The van der Waals surface area contributed by atoms with Gasteiger partial charge in [0.05, 0.1) is 28.3 Å². The molecule has 2 amide bonds.